The molecular formula is C18H18N2O7. The zero-order chi connectivity index (χ0) is 19.8. The van der Waals surface area contributed by atoms with Crippen molar-refractivity contribution >= 4 is 23.3 Å². The van der Waals surface area contributed by atoms with E-state index in [0.29, 0.717) is 11.4 Å². The zero-order valence-electron chi connectivity index (χ0n) is 14.7. The van der Waals surface area contributed by atoms with E-state index in [1.54, 1.807) is 24.3 Å². The van der Waals surface area contributed by atoms with E-state index < -0.39 is 29.5 Å². The summed E-state index contributed by atoms with van der Waals surface area (Å²) < 4.78 is 15.3. The van der Waals surface area contributed by atoms with Gasteiger partial charge in [0.25, 0.3) is 11.6 Å². The van der Waals surface area contributed by atoms with E-state index in [0.717, 1.165) is 0 Å². The molecule has 0 saturated heterocycles. The molecule has 0 fully saturated rings. The summed E-state index contributed by atoms with van der Waals surface area (Å²) in [7, 11) is 1.48. The number of ether oxygens (including phenoxy) is 3. The average Bonchev–Trinajstić information content (AvgIpc) is 2.67. The van der Waals surface area contributed by atoms with Crippen LogP contribution in [0.2, 0.25) is 0 Å². The Morgan fingerprint density at radius 2 is 1.81 bits per heavy atom. The SMILES string of the molecule is COc1ccccc1NC(=O)[C@H](C)OC(=O)COc1ccc([N+](=O)[O-])cc1. The fraction of sp³-hybridized carbons (Fsp3) is 0.222. The lowest BCUT2D eigenvalue weighted by molar-refractivity contribution is -0.384. The Labute approximate surface area is 155 Å². The molecule has 27 heavy (non-hydrogen) atoms. The molecule has 9 heteroatoms. The lowest BCUT2D eigenvalue weighted by Gasteiger charge is -2.15. The number of esters is 1. The molecule has 0 bridgehead atoms. The van der Waals surface area contributed by atoms with E-state index in [4.69, 9.17) is 14.2 Å². The van der Waals surface area contributed by atoms with Gasteiger partial charge in [0.05, 0.1) is 17.7 Å². The number of anilines is 1. The van der Waals surface area contributed by atoms with Gasteiger partial charge in [-0.15, -0.1) is 0 Å². The number of rotatable bonds is 8. The maximum absolute atomic E-state index is 12.1. The third-order valence-corrected chi connectivity index (χ3v) is 3.45. The number of nitro groups is 1. The number of benzene rings is 2. The monoisotopic (exact) mass is 374 g/mol. The molecule has 9 nitrogen and oxygen atoms in total. The summed E-state index contributed by atoms with van der Waals surface area (Å²) in [6, 6.07) is 12.1. The van der Waals surface area contributed by atoms with Gasteiger partial charge in [-0.25, -0.2) is 4.79 Å². The largest absolute Gasteiger partial charge is 0.495 e. The molecule has 1 atom stereocenters. The summed E-state index contributed by atoms with van der Waals surface area (Å²) in [6.45, 7) is 0.985. The van der Waals surface area contributed by atoms with Crippen molar-refractivity contribution in [1.82, 2.24) is 0 Å². The van der Waals surface area contributed by atoms with Crippen LogP contribution < -0.4 is 14.8 Å². The normalized spacial score (nSPS) is 11.2. The van der Waals surface area contributed by atoms with E-state index >= 15 is 0 Å². The lowest BCUT2D eigenvalue weighted by Crippen LogP contribution is -2.31. The number of nitro benzene ring substituents is 1. The molecule has 0 radical (unpaired) electrons. The number of carbonyl (C=O) groups excluding carboxylic acids is 2. The first kappa shape index (κ1) is 19.7. The molecular weight excluding hydrogens is 356 g/mol. The van der Waals surface area contributed by atoms with Gasteiger partial charge in [0, 0.05) is 12.1 Å². The summed E-state index contributed by atoms with van der Waals surface area (Å²) in [4.78, 5) is 34.0. The van der Waals surface area contributed by atoms with Gasteiger partial charge in [-0.2, -0.15) is 0 Å². The van der Waals surface area contributed by atoms with E-state index in [1.807, 2.05) is 0 Å². The highest BCUT2D eigenvalue weighted by molar-refractivity contribution is 5.96. The highest BCUT2D eigenvalue weighted by Crippen LogP contribution is 2.23. The topological polar surface area (TPSA) is 117 Å². The predicted molar refractivity (Wildman–Crippen MR) is 95.8 cm³/mol. The van der Waals surface area contributed by atoms with Gasteiger partial charge in [0.1, 0.15) is 11.5 Å². The van der Waals surface area contributed by atoms with Gasteiger partial charge in [0.2, 0.25) is 0 Å². The fourth-order valence-electron chi connectivity index (χ4n) is 2.07. The molecule has 0 unspecified atom stereocenters. The molecule has 0 aliphatic heterocycles. The number of carbonyl (C=O) groups is 2. The van der Waals surface area contributed by atoms with Gasteiger partial charge in [-0.05, 0) is 31.2 Å². The predicted octanol–water partition coefficient (Wildman–Crippen LogP) is 2.55. The first-order valence-corrected chi connectivity index (χ1v) is 7.91. The highest BCUT2D eigenvalue weighted by Gasteiger charge is 2.19. The second-order valence-electron chi connectivity index (χ2n) is 5.36. The number of non-ortho nitro benzene ring substituents is 1. The molecule has 0 saturated carbocycles. The van der Waals surface area contributed by atoms with E-state index in [1.165, 1.54) is 38.3 Å². The Kier molecular flexibility index (Phi) is 6.70. The van der Waals surface area contributed by atoms with Crippen molar-refractivity contribution in [3.05, 3.63) is 58.6 Å². The summed E-state index contributed by atoms with van der Waals surface area (Å²) in [5.41, 5.74) is 0.363. The molecule has 0 heterocycles. The quantitative estimate of drug-likeness (QED) is 0.429. The van der Waals surface area contributed by atoms with Crippen LogP contribution in [0.15, 0.2) is 48.5 Å². The molecule has 2 rings (SSSR count). The molecule has 1 N–H and O–H groups in total. The number of nitrogens with one attached hydrogen (secondary N) is 1. The Morgan fingerprint density at radius 3 is 2.44 bits per heavy atom. The smallest absolute Gasteiger partial charge is 0.344 e. The van der Waals surface area contributed by atoms with Crippen LogP contribution in [0.1, 0.15) is 6.92 Å². The van der Waals surface area contributed by atoms with E-state index in [-0.39, 0.29) is 11.4 Å². The van der Waals surface area contributed by atoms with Crippen molar-refractivity contribution < 1.29 is 28.7 Å². The van der Waals surface area contributed by atoms with E-state index in [9.17, 15) is 19.7 Å². The van der Waals surface area contributed by atoms with Crippen molar-refractivity contribution in [1.29, 1.82) is 0 Å². The summed E-state index contributed by atoms with van der Waals surface area (Å²) in [5.74, 6) is -0.534. The maximum atomic E-state index is 12.1. The molecule has 2 aromatic carbocycles. The fourth-order valence-corrected chi connectivity index (χ4v) is 2.07. The minimum atomic E-state index is -1.05. The Hall–Kier alpha value is -3.62. The summed E-state index contributed by atoms with van der Waals surface area (Å²) >= 11 is 0. The number of para-hydroxylation sites is 2. The second-order valence-corrected chi connectivity index (χ2v) is 5.36. The Bertz CT molecular complexity index is 821. The van der Waals surface area contributed by atoms with Gasteiger partial charge in [-0.3, -0.25) is 14.9 Å². The number of amides is 1. The highest BCUT2D eigenvalue weighted by atomic mass is 16.6. The molecule has 0 aliphatic rings. The van der Waals surface area contributed by atoms with Crippen LogP contribution in [-0.4, -0.2) is 36.6 Å². The first-order chi connectivity index (χ1) is 12.9. The van der Waals surface area contributed by atoms with Crippen LogP contribution in [0.25, 0.3) is 0 Å². The standard InChI is InChI=1S/C18H18N2O7/c1-12(18(22)19-15-5-3-4-6-16(15)25-2)27-17(21)11-26-14-9-7-13(8-10-14)20(23)24/h3-10,12H,11H2,1-2H3,(H,19,22)/t12-/m0/s1. The third kappa shape index (κ3) is 5.70. The molecule has 2 aromatic rings. The van der Waals surface area contributed by atoms with Crippen LogP contribution in [0.3, 0.4) is 0 Å². The number of hydrogen-bond acceptors (Lipinski definition) is 7. The summed E-state index contributed by atoms with van der Waals surface area (Å²) in [5, 5.41) is 13.2. The van der Waals surface area contributed by atoms with Gasteiger partial charge < -0.3 is 19.5 Å². The summed E-state index contributed by atoms with van der Waals surface area (Å²) in [6.07, 6.45) is -1.05. The second kappa shape index (κ2) is 9.18. The van der Waals surface area contributed by atoms with Gasteiger partial charge >= 0.3 is 5.97 Å². The van der Waals surface area contributed by atoms with E-state index in [2.05, 4.69) is 5.32 Å². The molecule has 0 aromatic heterocycles. The molecule has 142 valence electrons. The Balaban J connectivity index is 1.83. The average molecular weight is 374 g/mol. The third-order valence-electron chi connectivity index (χ3n) is 3.45. The van der Waals surface area contributed by atoms with Crippen molar-refractivity contribution in [3.8, 4) is 11.5 Å². The van der Waals surface area contributed by atoms with Crippen LogP contribution in [0, 0.1) is 10.1 Å². The van der Waals surface area contributed by atoms with Crippen LogP contribution >= 0.6 is 0 Å². The van der Waals surface area contributed by atoms with Gasteiger partial charge in [-0.1, -0.05) is 12.1 Å². The minimum Gasteiger partial charge on any atom is -0.495 e. The maximum Gasteiger partial charge on any atom is 0.344 e. The van der Waals surface area contributed by atoms with Crippen LogP contribution in [0.4, 0.5) is 11.4 Å². The van der Waals surface area contributed by atoms with Crippen LogP contribution in [-0.2, 0) is 14.3 Å². The minimum absolute atomic E-state index is 0.0911. The van der Waals surface area contributed by atoms with Crippen molar-refractivity contribution in [3.63, 3.8) is 0 Å². The van der Waals surface area contributed by atoms with Crippen molar-refractivity contribution in [2.24, 2.45) is 0 Å². The van der Waals surface area contributed by atoms with Crippen molar-refractivity contribution in [2.75, 3.05) is 19.0 Å². The lowest BCUT2D eigenvalue weighted by atomic mass is 10.2. The first-order valence-electron chi connectivity index (χ1n) is 7.91. The van der Waals surface area contributed by atoms with Crippen LogP contribution in [0.5, 0.6) is 11.5 Å². The Morgan fingerprint density at radius 1 is 1.15 bits per heavy atom. The van der Waals surface area contributed by atoms with Gasteiger partial charge in [0.15, 0.2) is 12.7 Å². The zero-order valence-corrected chi connectivity index (χ0v) is 14.7. The molecule has 0 spiro atoms. The molecule has 0 aliphatic carbocycles. The number of nitrogens with zero attached hydrogens (tertiary/aromatic N) is 1. The molecule has 1 amide bonds. The number of hydrogen-bond donors (Lipinski definition) is 1. The number of methoxy groups -OCH3 is 1. The van der Waals surface area contributed by atoms with Crippen molar-refractivity contribution in [2.45, 2.75) is 13.0 Å².